The van der Waals surface area contributed by atoms with Crippen LogP contribution >= 0.6 is 0 Å². The van der Waals surface area contributed by atoms with Crippen LogP contribution < -0.4 is 16.2 Å². The summed E-state index contributed by atoms with van der Waals surface area (Å²) in [4.78, 5) is 32.1. The van der Waals surface area contributed by atoms with Crippen LogP contribution in [0.1, 0.15) is 19.8 Å². The van der Waals surface area contributed by atoms with E-state index in [-0.39, 0.29) is 0 Å². The Morgan fingerprint density at radius 1 is 1.21 bits per heavy atom. The number of carbonyl (C=O) groups excluding carboxylic acids is 2. The smallest absolute Gasteiger partial charge is 0.405 e. The monoisotopic (exact) mass is 201 g/mol. The van der Waals surface area contributed by atoms with Gasteiger partial charge in [-0.2, -0.15) is 0 Å². The molecule has 7 heteroatoms. The second-order valence-electron chi connectivity index (χ2n) is 3.15. The van der Waals surface area contributed by atoms with Crippen LogP contribution in [-0.4, -0.2) is 28.6 Å². The molecule has 0 bridgehead atoms. The summed E-state index contributed by atoms with van der Waals surface area (Å²) in [5, 5.41) is 10.5. The van der Waals surface area contributed by atoms with Crippen LogP contribution in [0.25, 0.3) is 0 Å². The van der Waals surface area contributed by atoms with E-state index >= 15 is 0 Å². The molecule has 0 atom stereocenters. The molecule has 0 aromatic carbocycles. The largest absolute Gasteiger partial charge is 0.465 e. The first-order valence-electron chi connectivity index (χ1n) is 4.04. The molecule has 7 nitrogen and oxygen atoms in total. The van der Waals surface area contributed by atoms with E-state index in [1.54, 1.807) is 0 Å². The summed E-state index contributed by atoms with van der Waals surface area (Å²) in [6.07, 6.45) is -0.351. The topological polar surface area (TPSA) is 108 Å². The molecule has 14 heavy (non-hydrogen) atoms. The van der Waals surface area contributed by atoms with E-state index in [2.05, 4.69) is 16.2 Å². The van der Waals surface area contributed by atoms with Crippen LogP contribution in [-0.2, 0) is 9.59 Å². The molecule has 4 N–H and O–H groups in total. The summed E-state index contributed by atoms with van der Waals surface area (Å²) in [5.41, 5.74) is 3.17. The third-order valence-electron chi connectivity index (χ3n) is 1.88. The van der Waals surface area contributed by atoms with Crippen LogP contribution in [0.5, 0.6) is 0 Å². The molecule has 0 aromatic heterocycles. The molecule has 0 heterocycles. The minimum absolute atomic E-state index is 0.413. The maximum atomic E-state index is 11.3. The van der Waals surface area contributed by atoms with Gasteiger partial charge in [-0.15, -0.1) is 0 Å². The van der Waals surface area contributed by atoms with E-state index < -0.39 is 23.4 Å². The molecule has 3 amide bonds. The molecule has 1 saturated carbocycles. The molecule has 0 spiro atoms. The lowest BCUT2D eigenvalue weighted by Gasteiger charge is -2.14. The van der Waals surface area contributed by atoms with Crippen molar-refractivity contribution in [2.24, 2.45) is 0 Å². The van der Waals surface area contributed by atoms with Crippen LogP contribution in [0.4, 0.5) is 4.79 Å². The van der Waals surface area contributed by atoms with Gasteiger partial charge in [-0.3, -0.25) is 20.4 Å². The molecule has 1 aliphatic rings. The SMILES string of the molecule is CC(=O)NNC(=O)C1(NC(=O)O)CC1. The van der Waals surface area contributed by atoms with Crippen LogP contribution in [0, 0.1) is 0 Å². The fraction of sp³-hybridized carbons (Fsp3) is 0.571. The highest BCUT2D eigenvalue weighted by atomic mass is 16.4. The van der Waals surface area contributed by atoms with Crippen LogP contribution in [0.15, 0.2) is 0 Å². The zero-order valence-corrected chi connectivity index (χ0v) is 7.59. The summed E-state index contributed by atoms with van der Waals surface area (Å²) < 4.78 is 0. The van der Waals surface area contributed by atoms with Gasteiger partial charge in [-0.1, -0.05) is 0 Å². The summed E-state index contributed by atoms with van der Waals surface area (Å²) in [7, 11) is 0. The third-order valence-corrected chi connectivity index (χ3v) is 1.88. The van der Waals surface area contributed by atoms with Crippen LogP contribution in [0.2, 0.25) is 0 Å². The van der Waals surface area contributed by atoms with E-state index in [0.717, 1.165) is 0 Å². The first-order valence-corrected chi connectivity index (χ1v) is 4.04. The highest BCUT2D eigenvalue weighted by Gasteiger charge is 2.51. The highest BCUT2D eigenvalue weighted by Crippen LogP contribution is 2.35. The maximum Gasteiger partial charge on any atom is 0.405 e. The molecule has 0 aromatic rings. The van der Waals surface area contributed by atoms with E-state index in [1.165, 1.54) is 6.92 Å². The van der Waals surface area contributed by atoms with E-state index in [9.17, 15) is 14.4 Å². The zero-order chi connectivity index (χ0) is 10.8. The van der Waals surface area contributed by atoms with E-state index in [1.807, 2.05) is 0 Å². The van der Waals surface area contributed by atoms with Crippen molar-refractivity contribution in [3.05, 3.63) is 0 Å². The number of carbonyl (C=O) groups is 3. The number of rotatable bonds is 2. The summed E-state index contributed by atoms with van der Waals surface area (Å²) in [6, 6.07) is 0. The van der Waals surface area contributed by atoms with Crippen molar-refractivity contribution in [2.45, 2.75) is 25.3 Å². The van der Waals surface area contributed by atoms with Crippen molar-refractivity contribution in [1.29, 1.82) is 0 Å². The van der Waals surface area contributed by atoms with Crippen molar-refractivity contribution in [1.82, 2.24) is 16.2 Å². The normalized spacial score (nSPS) is 16.6. The Morgan fingerprint density at radius 3 is 2.14 bits per heavy atom. The Bertz CT molecular complexity index is 285. The number of hydrogen-bond acceptors (Lipinski definition) is 3. The van der Waals surface area contributed by atoms with Crippen molar-refractivity contribution in [2.75, 3.05) is 0 Å². The first kappa shape index (κ1) is 10.3. The molecule has 78 valence electrons. The molecule has 1 fully saturated rings. The van der Waals surface area contributed by atoms with Crippen molar-refractivity contribution in [3.63, 3.8) is 0 Å². The lowest BCUT2D eigenvalue weighted by atomic mass is 10.2. The van der Waals surface area contributed by atoms with Crippen molar-refractivity contribution < 1.29 is 19.5 Å². The van der Waals surface area contributed by atoms with Gasteiger partial charge in [0.2, 0.25) is 5.91 Å². The maximum absolute atomic E-state index is 11.3. The van der Waals surface area contributed by atoms with Gasteiger partial charge in [0.25, 0.3) is 5.91 Å². The summed E-state index contributed by atoms with van der Waals surface area (Å²) in [5.74, 6) is -0.945. The van der Waals surface area contributed by atoms with Gasteiger partial charge in [-0.25, -0.2) is 4.79 Å². The fourth-order valence-electron chi connectivity index (χ4n) is 1.00. The first-order chi connectivity index (χ1) is 6.46. The fourth-order valence-corrected chi connectivity index (χ4v) is 1.00. The summed E-state index contributed by atoms with van der Waals surface area (Å²) >= 11 is 0. The molecule has 0 aliphatic heterocycles. The van der Waals surface area contributed by atoms with Gasteiger partial charge in [0.15, 0.2) is 0 Å². The Morgan fingerprint density at radius 2 is 1.79 bits per heavy atom. The average molecular weight is 201 g/mol. The van der Waals surface area contributed by atoms with Gasteiger partial charge < -0.3 is 10.4 Å². The quantitative estimate of drug-likeness (QED) is 0.428. The Labute approximate surface area is 79.8 Å². The zero-order valence-electron chi connectivity index (χ0n) is 7.59. The Kier molecular flexibility index (Phi) is 2.59. The minimum atomic E-state index is -1.25. The van der Waals surface area contributed by atoms with Crippen molar-refractivity contribution >= 4 is 17.9 Å². The Hall–Kier alpha value is -1.79. The molecule has 0 saturated heterocycles. The molecule has 0 unspecified atom stereocenters. The Balaban J connectivity index is 2.43. The molecular weight excluding hydrogens is 190 g/mol. The number of hydrogen-bond donors (Lipinski definition) is 4. The number of hydrazine groups is 1. The second-order valence-corrected chi connectivity index (χ2v) is 3.15. The number of amides is 3. The predicted molar refractivity (Wildman–Crippen MR) is 45.1 cm³/mol. The molecule has 1 rings (SSSR count). The molecular formula is C7H11N3O4. The lowest BCUT2D eigenvalue weighted by Crippen LogP contribution is -2.53. The molecule has 0 radical (unpaired) electrons. The second kappa shape index (κ2) is 3.52. The molecule has 1 aliphatic carbocycles. The van der Waals surface area contributed by atoms with Gasteiger partial charge in [0.1, 0.15) is 5.54 Å². The van der Waals surface area contributed by atoms with Crippen molar-refractivity contribution in [3.8, 4) is 0 Å². The lowest BCUT2D eigenvalue weighted by molar-refractivity contribution is -0.129. The van der Waals surface area contributed by atoms with Crippen LogP contribution in [0.3, 0.4) is 0 Å². The van der Waals surface area contributed by atoms with Gasteiger partial charge in [0, 0.05) is 6.92 Å². The standard InChI is InChI=1S/C7H11N3O4/c1-4(11)9-10-5(12)7(2-3-7)8-6(13)14/h8H,2-3H2,1H3,(H,9,11)(H,10,12)(H,13,14). The minimum Gasteiger partial charge on any atom is -0.465 e. The van der Waals surface area contributed by atoms with E-state index in [4.69, 9.17) is 5.11 Å². The van der Waals surface area contributed by atoms with E-state index in [0.29, 0.717) is 12.8 Å². The van der Waals surface area contributed by atoms with Gasteiger partial charge >= 0.3 is 6.09 Å². The average Bonchev–Trinajstić information content (AvgIpc) is 2.80. The van der Waals surface area contributed by atoms with Gasteiger partial charge in [0.05, 0.1) is 0 Å². The highest BCUT2D eigenvalue weighted by molar-refractivity contribution is 5.93. The summed E-state index contributed by atoms with van der Waals surface area (Å²) in [6.45, 7) is 1.24. The number of carboxylic acid groups (broad SMARTS) is 1. The number of nitrogens with one attached hydrogen (secondary N) is 3. The third kappa shape index (κ3) is 2.35. The van der Waals surface area contributed by atoms with Gasteiger partial charge in [-0.05, 0) is 12.8 Å². The predicted octanol–water partition coefficient (Wildman–Crippen LogP) is -1.05.